The summed E-state index contributed by atoms with van der Waals surface area (Å²) in [6, 6.07) is -2.93. The molecular formula is C21H34N2O11. The monoisotopic (exact) mass is 490 g/mol. The molecule has 1 aliphatic rings. The van der Waals surface area contributed by atoms with Gasteiger partial charge in [-0.25, -0.2) is 9.59 Å². The topological polar surface area (TPSA) is 165 Å². The summed E-state index contributed by atoms with van der Waals surface area (Å²) < 4.78 is 31.7. The van der Waals surface area contributed by atoms with E-state index in [0.717, 1.165) is 13.8 Å². The average Bonchev–Trinajstić information content (AvgIpc) is 2.72. The molecule has 0 aromatic carbocycles. The Balaban J connectivity index is 3.22. The van der Waals surface area contributed by atoms with Crippen LogP contribution in [0.5, 0.6) is 0 Å². The van der Waals surface area contributed by atoms with Gasteiger partial charge < -0.3 is 39.1 Å². The number of hydrogen-bond acceptors (Lipinski definition) is 11. The van der Waals surface area contributed by atoms with Gasteiger partial charge in [-0.05, 0) is 12.8 Å². The molecule has 0 saturated carbocycles. The summed E-state index contributed by atoms with van der Waals surface area (Å²) in [5.74, 6) is -2.98. The summed E-state index contributed by atoms with van der Waals surface area (Å²) in [5.41, 5.74) is 0. The lowest BCUT2D eigenvalue weighted by Gasteiger charge is -2.44. The van der Waals surface area contributed by atoms with Crippen molar-refractivity contribution < 1.29 is 52.4 Å². The van der Waals surface area contributed by atoms with E-state index in [2.05, 4.69) is 10.6 Å². The summed E-state index contributed by atoms with van der Waals surface area (Å²) in [6.45, 7) is 8.35. The molecule has 0 unspecified atom stereocenters. The molecule has 1 saturated heterocycles. The van der Waals surface area contributed by atoms with E-state index < -0.39 is 66.6 Å². The van der Waals surface area contributed by atoms with Crippen LogP contribution in [0.4, 0.5) is 4.79 Å². The quantitative estimate of drug-likeness (QED) is 0.314. The van der Waals surface area contributed by atoms with Crippen LogP contribution >= 0.6 is 0 Å². The Morgan fingerprint density at radius 1 is 0.912 bits per heavy atom. The van der Waals surface area contributed by atoms with E-state index in [1.165, 1.54) is 14.0 Å². The Morgan fingerprint density at radius 3 is 1.97 bits per heavy atom. The van der Waals surface area contributed by atoms with Crippen molar-refractivity contribution in [3.8, 4) is 0 Å². The molecule has 0 radical (unpaired) electrons. The highest BCUT2D eigenvalue weighted by atomic mass is 16.7. The molecule has 0 aromatic rings. The van der Waals surface area contributed by atoms with Gasteiger partial charge in [0, 0.05) is 27.9 Å². The Morgan fingerprint density at radius 2 is 1.50 bits per heavy atom. The first kappa shape index (κ1) is 29.1. The van der Waals surface area contributed by atoms with E-state index in [-0.39, 0.29) is 19.1 Å². The maximum Gasteiger partial charge on any atom is 0.328 e. The molecule has 194 valence electrons. The molecule has 13 nitrogen and oxygen atoms in total. The van der Waals surface area contributed by atoms with E-state index in [4.69, 9.17) is 28.4 Å². The number of carbonyl (C=O) groups is 5. The third kappa shape index (κ3) is 8.78. The van der Waals surface area contributed by atoms with Gasteiger partial charge >= 0.3 is 29.9 Å². The Kier molecular flexibility index (Phi) is 11.7. The summed E-state index contributed by atoms with van der Waals surface area (Å²) in [7, 11) is 1.28. The van der Waals surface area contributed by atoms with Gasteiger partial charge in [-0.3, -0.25) is 14.4 Å². The summed E-state index contributed by atoms with van der Waals surface area (Å²) in [4.78, 5) is 59.9. The molecule has 2 N–H and O–H groups in total. The van der Waals surface area contributed by atoms with Gasteiger partial charge in [-0.1, -0.05) is 13.8 Å². The van der Waals surface area contributed by atoms with E-state index in [1.54, 1.807) is 20.8 Å². The third-order valence-electron chi connectivity index (χ3n) is 4.73. The van der Waals surface area contributed by atoms with E-state index in [1.807, 2.05) is 0 Å². The van der Waals surface area contributed by atoms with Crippen LogP contribution in [0, 0.1) is 5.92 Å². The second-order valence-electron chi connectivity index (χ2n) is 7.85. The van der Waals surface area contributed by atoms with Gasteiger partial charge in [-0.2, -0.15) is 0 Å². The summed E-state index contributed by atoms with van der Waals surface area (Å²) in [6.07, 6.45) is -4.77. The van der Waals surface area contributed by atoms with Gasteiger partial charge in [0.05, 0.1) is 6.61 Å². The minimum atomic E-state index is -1.27. The lowest BCUT2D eigenvalue weighted by molar-refractivity contribution is -0.270. The predicted octanol–water partition coefficient (Wildman–Crippen LogP) is 0.0397. The molecule has 0 aromatic heterocycles. The Labute approximate surface area is 198 Å². The lowest BCUT2D eigenvalue weighted by Crippen LogP contribution is -2.68. The fraction of sp³-hybridized carbons (Fsp3) is 0.762. The SMILES string of the molecule is CCOC(=O)[C@@H](NC(=O)N[C@H]1[C@H](OC)O[C@H](COC(C)=O)[C@@H](OC(C)=O)[C@@H]1OC(C)=O)C(C)C. The highest BCUT2D eigenvalue weighted by Crippen LogP contribution is 2.27. The molecule has 1 aliphatic heterocycles. The van der Waals surface area contributed by atoms with Crippen LogP contribution in [0.3, 0.4) is 0 Å². The van der Waals surface area contributed by atoms with Gasteiger partial charge in [0.2, 0.25) is 0 Å². The van der Waals surface area contributed by atoms with E-state index in [9.17, 15) is 24.0 Å². The first-order valence-electron chi connectivity index (χ1n) is 10.8. The maximum absolute atomic E-state index is 12.8. The van der Waals surface area contributed by atoms with Crippen molar-refractivity contribution in [3.63, 3.8) is 0 Å². The van der Waals surface area contributed by atoms with Crippen LogP contribution in [0.2, 0.25) is 0 Å². The van der Waals surface area contributed by atoms with E-state index in [0.29, 0.717) is 0 Å². The fourth-order valence-corrected chi connectivity index (χ4v) is 3.32. The van der Waals surface area contributed by atoms with Crippen LogP contribution in [0.25, 0.3) is 0 Å². The number of nitrogens with one attached hydrogen (secondary N) is 2. The summed E-state index contributed by atoms with van der Waals surface area (Å²) >= 11 is 0. The molecule has 0 aliphatic carbocycles. The molecule has 1 fully saturated rings. The minimum absolute atomic E-state index is 0.135. The second kappa shape index (κ2) is 13.7. The zero-order chi connectivity index (χ0) is 26.0. The van der Waals surface area contributed by atoms with Crippen molar-refractivity contribution in [2.45, 2.75) is 78.2 Å². The molecule has 13 heteroatoms. The fourth-order valence-electron chi connectivity index (χ4n) is 3.32. The number of amides is 2. The molecule has 1 heterocycles. The number of rotatable bonds is 10. The van der Waals surface area contributed by atoms with Gasteiger partial charge in [0.15, 0.2) is 18.5 Å². The lowest BCUT2D eigenvalue weighted by atomic mass is 9.96. The van der Waals surface area contributed by atoms with Crippen LogP contribution in [-0.4, -0.2) is 86.9 Å². The standard InChI is InChI=1S/C21H34N2O11/c1-8-30-19(27)15(10(2)3)22-21(28)23-16-18(33-13(6)26)17(32-12(5)25)14(9-31-11(4)24)34-20(16)29-7/h10,14-18,20H,8-9H2,1-7H3,(H2,22,23,28)/t14-,15+,16-,17-,18-,20-/m1/s1. The van der Waals surface area contributed by atoms with Crippen molar-refractivity contribution in [3.05, 3.63) is 0 Å². The largest absolute Gasteiger partial charge is 0.464 e. The molecule has 34 heavy (non-hydrogen) atoms. The van der Waals surface area contributed by atoms with Crippen LogP contribution in [0.1, 0.15) is 41.5 Å². The third-order valence-corrected chi connectivity index (χ3v) is 4.73. The zero-order valence-electron chi connectivity index (χ0n) is 20.4. The van der Waals surface area contributed by atoms with E-state index >= 15 is 0 Å². The van der Waals surface area contributed by atoms with Crippen molar-refractivity contribution in [2.24, 2.45) is 5.92 Å². The molecule has 6 atom stereocenters. The zero-order valence-corrected chi connectivity index (χ0v) is 20.4. The molecule has 2 amide bonds. The number of esters is 4. The normalized spacial score (nSPS) is 25.0. The van der Waals surface area contributed by atoms with Crippen molar-refractivity contribution in [2.75, 3.05) is 20.3 Å². The van der Waals surface area contributed by atoms with Gasteiger partial charge in [-0.15, -0.1) is 0 Å². The second-order valence-corrected chi connectivity index (χ2v) is 7.85. The number of hydrogen-bond donors (Lipinski definition) is 2. The number of methoxy groups -OCH3 is 1. The van der Waals surface area contributed by atoms with Gasteiger partial charge in [0.1, 0.15) is 24.8 Å². The summed E-state index contributed by atoms with van der Waals surface area (Å²) in [5, 5.41) is 5.08. The molecule has 1 rings (SSSR count). The smallest absolute Gasteiger partial charge is 0.328 e. The van der Waals surface area contributed by atoms with Crippen LogP contribution in [-0.2, 0) is 47.6 Å². The first-order valence-corrected chi connectivity index (χ1v) is 10.8. The van der Waals surface area contributed by atoms with Crippen molar-refractivity contribution >= 4 is 29.9 Å². The average molecular weight is 491 g/mol. The number of carbonyl (C=O) groups excluding carboxylic acids is 5. The highest BCUT2D eigenvalue weighted by Gasteiger charge is 2.51. The minimum Gasteiger partial charge on any atom is -0.464 e. The maximum atomic E-state index is 12.8. The van der Waals surface area contributed by atoms with Crippen LogP contribution < -0.4 is 10.6 Å². The molecule has 0 bridgehead atoms. The highest BCUT2D eigenvalue weighted by molar-refractivity contribution is 5.84. The van der Waals surface area contributed by atoms with Crippen LogP contribution in [0.15, 0.2) is 0 Å². The predicted molar refractivity (Wildman–Crippen MR) is 114 cm³/mol. The van der Waals surface area contributed by atoms with Gasteiger partial charge in [0.25, 0.3) is 0 Å². The Hall–Kier alpha value is -2.93. The Bertz CT molecular complexity index is 742. The van der Waals surface area contributed by atoms with Crippen molar-refractivity contribution in [1.82, 2.24) is 10.6 Å². The number of ether oxygens (including phenoxy) is 6. The first-order chi connectivity index (χ1) is 15.9. The molecular weight excluding hydrogens is 456 g/mol. The van der Waals surface area contributed by atoms with Crippen molar-refractivity contribution in [1.29, 1.82) is 0 Å². The number of urea groups is 1. The molecule has 0 spiro atoms.